The van der Waals surface area contributed by atoms with E-state index in [0.29, 0.717) is 6.42 Å². The van der Waals surface area contributed by atoms with Crippen LogP contribution in [-0.4, -0.2) is 28.1 Å². The highest BCUT2D eigenvalue weighted by molar-refractivity contribution is 7.87. The predicted molar refractivity (Wildman–Crippen MR) is 127 cm³/mol. The van der Waals surface area contributed by atoms with Crippen molar-refractivity contribution in [2.75, 3.05) is 13.9 Å². The van der Waals surface area contributed by atoms with Gasteiger partial charge in [0.1, 0.15) is 21.8 Å². The lowest BCUT2D eigenvalue weighted by Crippen LogP contribution is -2.14. The Bertz CT molecular complexity index is 1400. The van der Waals surface area contributed by atoms with Gasteiger partial charge < -0.3 is 18.1 Å². The van der Waals surface area contributed by atoms with E-state index in [1.807, 2.05) is 31.2 Å². The third-order valence-electron chi connectivity index (χ3n) is 5.27. The Balaban J connectivity index is 1.62. The van der Waals surface area contributed by atoms with E-state index in [2.05, 4.69) is 0 Å². The number of aryl methyl sites for hydroxylation is 2. The van der Waals surface area contributed by atoms with Crippen molar-refractivity contribution in [1.29, 1.82) is 0 Å². The number of benzene rings is 3. The summed E-state index contributed by atoms with van der Waals surface area (Å²) in [6.07, 6.45) is 2.18. The molecule has 0 aliphatic carbocycles. The molecular weight excluding hydrogens is 456 g/mol. The van der Waals surface area contributed by atoms with Crippen molar-refractivity contribution in [3.05, 3.63) is 89.7 Å². The minimum Gasteiger partial charge on any atom is -0.467 e. The van der Waals surface area contributed by atoms with Crippen LogP contribution in [-0.2, 0) is 21.3 Å². The topological polar surface area (TPSA) is 92.0 Å². The Morgan fingerprint density at radius 1 is 0.971 bits per heavy atom. The predicted octanol–water partition coefficient (Wildman–Crippen LogP) is 5.31. The Hall–Kier alpha value is -3.62. The molecule has 0 bridgehead atoms. The zero-order chi connectivity index (χ0) is 24.1. The Morgan fingerprint density at radius 2 is 1.74 bits per heavy atom. The molecule has 0 aliphatic rings. The summed E-state index contributed by atoms with van der Waals surface area (Å²) in [7, 11) is -2.70. The summed E-state index contributed by atoms with van der Waals surface area (Å²) in [4.78, 5) is 13.3. The second-order valence-electron chi connectivity index (χ2n) is 7.75. The van der Waals surface area contributed by atoms with Crippen LogP contribution in [0.15, 0.2) is 82.3 Å². The molecule has 0 spiro atoms. The molecule has 176 valence electrons. The van der Waals surface area contributed by atoms with Gasteiger partial charge in [0.15, 0.2) is 18.3 Å². The summed E-state index contributed by atoms with van der Waals surface area (Å²) < 4.78 is 47.1. The molecule has 4 aromatic rings. The van der Waals surface area contributed by atoms with Crippen LogP contribution >= 0.6 is 0 Å². The second-order valence-corrected chi connectivity index (χ2v) is 9.29. The highest BCUT2D eigenvalue weighted by Gasteiger charge is 2.24. The molecule has 0 unspecified atom stereocenters. The number of methoxy groups -OCH3 is 1. The van der Waals surface area contributed by atoms with Crippen molar-refractivity contribution in [2.24, 2.45) is 0 Å². The molecule has 1 aromatic heterocycles. The number of furan rings is 1. The number of hydrogen-bond acceptors (Lipinski definition) is 7. The molecule has 0 N–H and O–H groups in total. The normalized spacial score (nSPS) is 11.5. The minimum atomic E-state index is -4.16. The lowest BCUT2D eigenvalue weighted by Gasteiger charge is -2.15. The largest absolute Gasteiger partial charge is 0.467 e. The summed E-state index contributed by atoms with van der Waals surface area (Å²) in [6.45, 7) is 1.75. The van der Waals surface area contributed by atoms with Crippen LogP contribution in [0.4, 0.5) is 0 Å². The number of rotatable bonds is 10. The lowest BCUT2D eigenvalue weighted by atomic mass is 10.0. The van der Waals surface area contributed by atoms with Crippen LogP contribution in [0.2, 0.25) is 0 Å². The van der Waals surface area contributed by atoms with Crippen molar-refractivity contribution in [3.8, 4) is 11.5 Å². The van der Waals surface area contributed by atoms with Crippen molar-refractivity contribution < 1.29 is 31.3 Å². The van der Waals surface area contributed by atoms with Gasteiger partial charge in [0.05, 0.1) is 6.26 Å². The van der Waals surface area contributed by atoms with E-state index in [1.165, 1.54) is 25.3 Å². The molecule has 0 aliphatic heterocycles. The molecule has 0 radical (unpaired) electrons. The van der Waals surface area contributed by atoms with Crippen molar-refractivity contribution in [3.63, 3.8) is 0 Å². The molecule has 0 amide bonds. The maximum absolute atomic E-state index is 13.3. The average molecular weight is 481 g/mol. The molecule has 34 heavy (non-hydrogen) atoms. The maximum Gasteiger partial charge on any atom is 0.339 e. The van der Waals surface area contributed by atoms with Gasteiger partial charge in [-0.1, -0.05) is 29.8 Å². The van der Waals surface area contributed by atoms with Gasteiger partial charge in [-0.05, 0) is 61.4 Å². The number of carbonyl (C=O) groups is 1. The number of ketones is 1. The highest BCUT2D eigenvalue weighted by Crippen LogP contribution is 2.33. The van der Waals surface area contributed by atoms with Gasteiger partial charge >= 0.3 is 10.1 Å². The van der Waals surface area contributed by atoms with E-state index >= 15 is 0 Å². The number of fused-ring (bicyclic) bond motifs is 1. The molecule has 4 rings (SSSR count). The van der Waals surface area contributed by atoms with Crippen molar-refractivity contribution in [2.45, 2.75) is 24.7 Å². The van der Waals surface area contributed by atoms with Gasteiger partial charge in [-0.3, -0.25) is 4.79 Å². The first-order chi connectivity index (χ1) is 16.4. The third-order valence-corrected chi connectivity index (χ3v) is 6.51. The number of Topliss-reactive ketones (excluding diaryl/α,β-unsaturated/α-hetero) is 1. The zero-order valence-corrected chi connectivity index (χ0v) is 19.6. The molecule has 0 saturated heterocycles. The van der Waals surface area contributed by atoms with E-state index < -0.39 is 10.1 Å². The molecule has 7 nitrogen and oxygen atoms in total. The summed E-state index contributed by atoms with van der Waals surface area (Å²) in [5.74, 6) is -0.216. The van der Waals surface area contributed by atoms with Gasteiger partial charge in [0, 0.05) is 18.9 Å². The van der Waals surface area contributed by atoms with Gasteiger partial charge in [-0.2, -0.15) is 8.42 Å². The van der Waals surface area contributed by atoms with E-state index in [0.717, 1.165) is 22.1 Å². The molecule has 3 aromatic carbocycles. The van der Waals surface area contributed by atoms with Crippen LogP contribution in [0.25, 0.3) is 11.0 Å². The van der Waals surface area contributed by atoms with E-state index in [1.54, 1.807) is 30.5 Å². The fourth-order valence-electron chi connectivity index (χ4n) is 3.52. The summed E-state index contributed by atoms with van der Waals surface area (Å²) in [5, 5.41) is 0.946. The Kier molecular flexibility index (Phi) is 7.00. The van der Waals surface area contributed by atoms with E-state index in [9.17, 15) is 13.2 Å². The van der Waals surface area contributed by atoms with Gasteiger partial charge in [-0.25, -0.2) is 0 Å². The average Bonchev–Trinajstić information content (AvgIpc) is 3.29. The quantitative estimate of drug-likeness (QED) is 0.173. The van der Waals surface area contributed by atoms with E-state index in [-0.39, 0.29) is 41.0 Å². The number of hydrogen-bond donors (Lipinski definition) is 0. The van der Waals surface area contributed by atoms with Gasteiger partial charge in [0.2, 0.25) is 0 Å². The fourth-order valence-corrected chi connectivity index (χ4v) is 4.46. The molecule has 8 heteroatoms. The standard InChI is InChI=1S/C26H24O7S/c1-18-6-10-21(11-7-18)34(28,29)33-25-5-3-4-24(32-17-30-2)26(25)22(27)12-8-19-9-13-23-20(16-19)14-15-31-23/h3-7,9-11,13-16H,8,12,17H2,1-2H3. The lowest BCUT2D eigenvalue weighted by molar-refractivity contribution is 0.0501. The fraction of sp³-hybridized carbons (Fsp3) is 0.192. The summed E-state index contributed by atoms with van der Waals surface area (Å²) in [6, 6.07) is 18.4. The second kappa shape index (κ2) is 10.1. The first-order valence-electron chi connectivity index (χ1n) is 10.6. The van der Waals surface area contributed by atoms with Crippen LogP contribution in [0.1, 0.15) is 27.9 Å². The van der Waals surface area contributed by atoms with Gasteiger partial charge in [-0.15, -0.1) is 0 Å². The maximum atomic E-state index is 13.3. The molecule has 0 fully saturated rings. The first kappa shape index (κ1) is 23.5. The summed E-state index contributed by atoms with van der Waals surface area (Å²) >= 11 is 0. The number of ether oxygens (including phenoxy) is 2. The van der Waals surface area contributed by atoms with Crippen molar-refractivity contribution >= 4 is 26.9 Å². The molecule has 0 atom stereocenters. The molecule has 1 heterocycles. The summed E-state index contributed by atoms with van der Waals surface area (Å²) in [5.41, 5.74) is 2.69. The van der Waals surface area contributed by atoms with Crippen LogP contribution in [0.3, 0.4) is 0 Å². The Morgan fingerprint density at radius 3 is 2.50 bits per heavy atom. The first-order valence-corrected chi connectivity index (χ1v) is 12.0. The highest BCUT2D eigenvalue weighted by atomic mass is 32.2. The minimum absolute atomic E-state index is 0.00636. The monoisotopic (exact) mass is 480 g/mol. The molecular formula is C26H24O7S. The smallest absolute Gasteiger partial charge is 0.339 e. The third kappa shape index (κ3) is 5.30. The SMILES string of the molecule is COCOc1cccc(OS(=O)(=O)c2ccc(C)cc2)c1C(=O)CCc1ccc2occc2c1. The van der Waals surface area contributed by atoms with Gasteiger partial charge in [0.25, 0.3) is 0 Å². The van der Waals surface area contributed by atoms with Crippen LogP contribution in [0, 0.1) is 6.92 Å². The zero-order valence-electron chi connectivity index (χ0n) is 18.8. The Labute approximate surface area is 198 Å². The number of carbonyl (C=O) groups excluding carboxylic acids is 1. The van der Waals surface area contributed by atoms with E-state index in [4.69, 9.17) is 18.1 Å². The van der Waals surface area contributed by atoms with Crippen molar-refractivity contribution in [1.82, 2.24) is 0 Å². The van der Waals surface area contributed by atoms with Crippen LogP contribution in [0.5, 0.6) is 11.5 Å². The molecule has 0 saturated carbocycles. The van der Waals surface area contributed by atoms with Crippen LogP contribution < -0.4 is 8.92 Å².